The van der Waals surface area contributed by atoms with E-state index in [9.17, 15) is 19.3 Å². The second-order valence-corrected chi connectivity index (χ2v) is 4.37. The highest BCUT2D eigenvalue weighted by atomic mass is 19.1. The van der Waals surface area contributed by atoms with Crippen LogP contribution < -0.4 is 9.47 Å². The van der Waals surface area contributed by atoms with Crippen molar-refractivity contribution in [3.8, 4) is 11.5 Å². The molecule has 0 aliphatic carbocycles. The van der Waals surface area contributed by atoms with Crippen LogP contribution in [0.15, 0.2) is 48.5 Å². The highest BCUT2D eigenvalue weighted by molar-refractivity contribution is 5.89. The maximum Gasteiger partial charge on any atom is 0.336 e. The minimum atomic E-state index is -0.860. The Morgan fingerprint density at radius 1 is 1.26 bits per heavy atom. The molecule has 0 radical (unpaired) electrons. The van der Waals surface area contributed by atoms with Crippen molar-refractivity contribution in [1.29, 1.82) is 0 Å². The van der Waals surface area contributed by atoms with Crippen LogP contribution in [0.2, 0.25) is 0 Å². The molecule has 0 atom stereocenters. The lowest BCUT2D eigenvalue weighted by Gasteiger charge is -2.05. The highest BCUT2D eigenvalue weighted by Crippen LogP contribution is 2.31. The Hall–Kier alpha value is -3.22. The molecule has 0 bridgehead atoms. The van der Waals surface area contributed by atoms with Gasteiger partial charge in [0.2, 0.25) is 5.75 Å². The van der Waals surface area contributed by atoms with E-state index in [1.807, 2.05) is 0 Å². The number of hydrogen-bond acceptors (Lipinski definition) is 5. The van der Waals surface area contributed by atoms with E-state index >= 15 is 0 Å². The molecule has 0 aliphatic rings. The summed E-state index contributed by atoms with van der Waals surface area (Å²) in [7, 11) is 1.36. The maximum atomic E-state index is 13.4. The summed E-state index contributed by atoms with van der Waals surface area (Å²) in [5.41, 5.74) is -0.203. The number of ether oxygens (including phenoxy) is 2. The molecule has 2 aromatic carbocycles. The van der Waals surface area contributed by atoms with Crippen LogP contribution >= 0.6 is 0 Å². The number of methoxy groups -OCH3 is 1. The number of hydrogen-bond donors (Lipinski definition) is 0. The van der Waals surface area contributed by atoms with Gasteiger partial charge in [0.25, 0.3) is 0 Å². The molecule has 0 amide bonds. The van der Waals surface area contributed by atoms with E-state index in [0.717, 1.165) is 12.1 Å². The Bertz CT molecular complexity index is 773. The van der Waals surface area contributed by atoms with Gasteiger partial charge in [-0.1, -0.05) is 18.2 Å². The van der Waals surface area contributed by atoms with Gasteiger partial charge in [0.05, 0.1) is 18.1 Å². The first-order valence-corrected chi connectivity index (χ1v) is 6.48. The summed E-state index contributed by atoms with van der Waals surface area (Å²) in [6, 6.07) is 9.69. The SMILES string of the molecule is COc1ccc(OC(=O)C=Cc2ccccc2F)c([N+](=O)[O-])c1. The lowest BCUT2D eigenvalue weighted by atomic mass is 10.2. The third-order valence-corrected chi connectivity index (χ3v) is 2.88. The molecule has 2 rings (SSSR count). The van der Waals surface area contributed by atoms with Crippen LogP contribution in [0.1, 0.15) is 5.56 Å². The Labute approximate surface area is 130 Å². The van der Waals surface area contributed by atoms with Gasteiger partial charge < -0.3 is 9.47 Å². The summed E-state index contributed by atoms with van der Waals surface area (Å²) >= 11 is 0. The normalized spacial score (nSPS) is 10.5. The highest BCUT2D eigenvalue weighted by Gasteiger charge is 2.18. The molecule has 6 nitrogen and oxygen atoms in total. The van der Waals surface area contributed by atoms with Crippen LogP contribution in [0.3, 0.4) is 0 Å². The van der Waals surface area contributed by atoms with E-state index < -0.39 is 22.4 Å². The Balaban J connectivity index is 2.17. The Morgan fingerprint density at radius 3 is 2.65 bits per heavy atom. The zero-order valence-corrected chi connectivity index (χ0v) is 12.1. The van der Waals surface area contributed by atoms with Crippen molar-refractivity contribution in [1.82, 2.24) is 0 Å². The molecule has 0 N–H and O–H groups in total. The minimum absolute atomic E-state index is 0.202. The number of halogens is 1. The molecule has 0 saturated carbocycles. The van der Waals surface area contributed by atoms with Crippen LogP contribution in [0.5, 0.6) is 11.5 Å². The van der Waals surface area contributed by atoms with E-state index in [2.05, 4.69) is 0 Å². The fraction of sp³-hybridized carbons (Fsp3) is 0.0625. The van der Waals surface area contributed by atoms with E-state index in [-0.39, 0.29) is 17.1 Å². The van der Waals surface area contributed by atoms with Gasteiger partial charge >= 0.3 is 11.7 Å². The topological polar surface area (TPSA) is 78.7 Å². The number of benzene rings is 2. The molecule has 0 unspecified atom stereocenters. The lowest BCUT2D eigenvalue weighted by Crippen LogP contribution is -2.06. The summed E-state index contributed by atoms with van der Waals surface area (Å²) in [5.74, 6) is -1.31. The average Bonchev–Trinajstić information content (AvgIpc) is 2.54. The number of nitro benzene ring substituents is 1. The first-order valence-electron chi connectivity index (χ1n) is 6.48. The summed E-state index contributed by atoms with van der Waals surface area (Å²) in [6.45, 7) is 0. The van der Waals surface area contributed by atoms with Crippen LogP contribution in [-0.2, 0) is 4.79 Å². The second kappa shape index (κ2) is 7.17. The first-order chi connectivity index (χ1) is 11.0. The largest absolute Gasteiger partial charge is 0.496 e. The van der Waals surface area contributed by atoms with Crippen molar-refractivity contribution in [2.45, 2.75) is 0 Å². The van der Waals surface area contributed by atoms with Gasteiger partial charge in [-0.25, -0.2) is 9.18 Å². The van der Waals surface area contributed by atoms with Gasteiger partial charge in [0.1, 0.15) is 11.6 Å². The molecule has 0 spiro atoms. The van der Waals surface area contributed by atoms with Crippen LogP contribution in [0.25, 0.3) is 6.08 Å². The molecule has 0 heterocycles. The maximum absolute atomic E-state index is 13.4. The number of rotatable bonds is 5. The molecule has 7 heteroatoms. The van der Waals surface area contributed by atoms with Gasteiger partial charge in [-0.15, -0.1) is 0 Å². The number of nitrogens with zero attached hydrogens (tertiary/aromatic N) is 1. The van der Waals surface area contributed by atoms with Gasteiger partial charge in [-0.2, -0.15) is 0 Å². The Morgan fingerprint density at radius 2 is 2.00 bits per heavy atom. The Kier molecular flexibility index (Phi) is 5.03. The minimum Gasteiger partial charge on any atom is -0.496 e. The van der Waals surface area contributed by atoms with Crippen molar-refractivity contribution in [3.05, 3.63) is 70.0 Å². The van der Waals surface area contributed by atoms with Crippen molar-refractivity contribution in [2.75, 3.05) is 7.11 Å². The lowest BCUT2D eigenvalue weighted by molar-refractivity contribution is -0.385. The van der Waals surface area contributed by atoms with Gasteiger partial charge in [-0.3, -0.25) is 10.1 Å². The van der Waals surface area contributed by atoms with Crippen LogP contribution in [0, 0.1) is 15.9 Å². The quantitative estimate of drug-likeness (QED) is 0.278. The molecule has 0 saturated heterocycles. The summed E-state index contributed by atoms with van der Waals surface area (Å²) < 4.78 is 23.2. The number of esters is 1. The van der Waals surface area contributed by atoms with E-state index in [1.54, 1.807) is 6.07 Å². The molecule has 118 valence electrons. The van der Waals surface area contributed by atoms with E-state index in [4.69, 9.17) is 9.47 Å². The predicted molar refractivity (Wildman–Crippen MR) is 80.7 cm³/mol. The summed E-state index contributed by atoms with van der Waals surface area (Å²) in [6.07, 6.45) is 2.22. The second-order valence-electron chi connectivity index (χ2n) is 4.37. The first kappa shape index (κ1) is 16.2. The zero-order chi connectivity index (χ0) is 16.8. The molecule has 0 fully saturated rings. The molecule has 0 aromatic heterocycles. The smallest absolute Gasteiger partial charge is 0.336 e. The summed E-state index contributed by atoms with van der Waals surface area (Å²) in [4.78, 5) is 22.0. The van der Waals surface area contributed by atoms with Gasteiger partial charge in [-0.05, 0) is 24.3 Å². The molecule has 2 aromatic rings. The fourth-order valence-electron chi connectivity index (χ4n) is 1.76. The number of carbonyl (C=O) groups excluding carboxylic acids is 1. The van der Waals surface area contributed by atoms with Gasteiger partial charge in [0, 0.05) is 11.6 Å². The molecule has 0 aliphatic heterocycles. The van der Waals surface area contributed by atoms with Crippen molar-refractivity contribution >= 4 is 17.7 Å². The summed E-state index contributed by atoms with van der Waals surface area (Å²) in [5, 5.41) is 11.0. The van der Waals surface area contributed by atoms with E-state index in [0.29, 0.717) is 0 Å². The van der Waals surface area contributed by atoms with E-state index in [1.165, 1.54) is 43.5 Å². The molecular weight excluding hydrogens is 305 g/mol. The monoisotopic (exact) mass is 317 g/mol. The van der Waals surface area contributed by atoms with Crippen LogP contribution in [0.4, 0.5) is 10.1 Å². The third kappa shape index (κ3) is 4.13. The van der Waals surface area contributed by atoms with Gasteiger partial charge in [0.15, 0.2) is 0 Å². The molecule has 23 heavy (non-hydrogen) atoms. The average molecular weight is 317 g/mol. The number of carbonyl (C=O) groups is 1. The third-order valence-electron chi connectivity index (χ3n) is 2.88. The molecular formula is C16H12FNO5. The van der Waals surface area contributed by atoms with Crippen molar-refractivity contribution < 1.29 is 23.6 Å². The van der Waals surface area contributed by atoms with Crippen molar-refractivity contribution in [2.24, 2.45) is 0 Å². The zero-order valence-electron chi connectivity index (χ0n) is 12.1. The standard InChI is InChI=1S/C16H12FNO5/c1-22-12-7-8-15(14(10-12)18(20)21)23-16(19)9-6-11-4-2-3-5-13(11)17/h2-10H,1H3. The number of nitro groups is 1. The fourth-order valence-corrected chi connectivity index (χ4v) is 1.76. The predicted octanol–water partition coefficient (Wildman–Crippen LogP) is 3.36. The van der Waals surface area contributed by atoms with Crippen LogP contribution in [-0.4, -0.2) is 18.0 Å². The van der Waals surface area contributed by atoms with Crippen molar-refractivity contribution in [3.63, 3.8) is 0 Å².